The number of rotatable bonds is 4. The van der Waals surface area contributed by atoms with E-state index in [1.165, 1.54) is 0 Å². The number of carbonyl (C=O) groups excluding carboxylic acids is 1. The van der Waals surface area contributed by atoms with Gasteiger partial charge in [0.2, 0.25) is 5.91 Å². The van der Waals surface area contributed by atoms with Crippen LogP contribution in [-0.2, 0) is 11.3 Å². The fourth-order valence-corrected chi connectivity index (χ4v) is 2.01. The number of hydrogen-bond acceptors (Lipinski definition) is 4. The molecule has 1 aliphatic rings. The Hall–Kier alpha value is -1.59. The van der Waals surface area contributed by atoms with E-state index in [2.05, 4.69) is 10.6 Å². The monoisotopic (exact) mass is 250 g/mol. The second-order valence-corrected chi connectivity index (χ2v) is 4.42. The van der Waals surface area contributed by atoms with Crippen molar-refractivity contribution in [3.8, 4) is 5.75 Å². The van der Waals surface area contributed by atoms with Gasteiger partial charge >= 0.3 is 0 Å². The summed E-state index contributed by atoms with van der Waals surface area (Å²) in [5.74, 6) is 0.700. The molecule has 0 aromatic heterocycles. The first-order chi connectivity index (χ1) is 8.69. The Morgan fingerprint density at radius 1 is 1.61 bits per heavy atom. The molecule has 18 heavy (non-hydrogen) atoms. The van der Waals surface area contributed by atoms with Crippen LogP contribution >= 0.6 is 0 Å². The van der Waals surface area contributed by atoms with Gasteiger partial charge in [-0.15, -0.1) is 0 Å². The zero-order valence-corrected chi connectivity index (χ0v) is 10.3. The van der Waals surface area contributed by atoms with Gasteiger partial charge in [0.15, 0.2) is 0 Å². The summed E-state index contributed by atoms with van der Waals surface area (Å²) in [5, 5.41) is 15.2. The predicted molar refractivity (Wildman–Crippen MR) is 67.3 cm³/mol. The largest absolute Gasteiger partial charge is 0.497 e. The number of carbonyl (C=O) groups is 1. The molecule has 0 aliphatic carbocycles. The molecule has 1 amide bonds. The van der Waals surface area contributed by atoms with Crippen LogP contribution in [0.25, 0.3) is 0 Å². The van der Waals surface area contributed by atoms with Crippen molar-refractivity contribution in [2.24, 2.45) is 0 Å². The topological polar surface area (TPSA) is 70.6 Å². The van der Waals surface area contributed by atoms with E-state index in [1.54, 1.807) is 7.11 Å². The molecule has 3 N–H and O–H groups in total. The van der Waals surface area contributed by atoms with Gasteiger partial charge in [0.1, 0.15) is 5.75 Å². The van der Waals surface area contributed by atoms with Gasteiger partial charge in [0.25, 0.3) is 0 Å². The van der Waals surface area contributed by atoms with Crippen LogP contribution in [0.5, 0.6) is 5.75 Å². The standard InChI is InChI=1S/C13H18N2O3/c1-18-11-4-2-3-9(5-11)7-15-13(17)12-6-10(16)8-14-12/h2-5,10,12,14,16H,6-8H2,1H3,(H,15,17). The highest BCUT2D eigenvalue weighted by Gasteiger charge is 2.27. The minimum Gasteiger partial charge on any atom is -0.497 e. The molecule has 0 spiro atoms. The van der Waals surface area contributed by atoms with Gasteiger partial charge in [-0.25, -0.2) is 0 Å². The summed E-state index contributed by atoms with van der Waals surface area (Å²) in [6.07, 6.45) is 0.0572. The van der Waals surface area contributed by atoms with Gasteiger partial charge in [-0.3, -0.25) is 4.79 Å². The van der Waals surface area contributed by atoms with E-state index >= 15 is 0 Å². The number of nitrogens with one attached hydrogen (secondary N) is 2. The predicted octanol–water partition coefficient (Wildman–Crippen LogP) is 0.0342. The lowest BCUT2D eigenvalue weighted by Crippen LogP contribution is -2.39. The Labute approximate surface area is 106 Å². The lowest BCUT2D eigenvalue weighted by Gasteiger charge is -2.11. The van der Waals surface area contributed by atoms with Gasteiger partial charge in [0, 0.05) is 13.1 Å². The summed E-state index contributed by atoms with van der Waals surface area (Å²) in [7, 11) is 1.61. The number of β-amino-alcohol motifs (C(OH)–C–C–N with tert-alkyl or cyclic N) is 1. The Morgan fingerprint density at radius 2 is 2.44 bits per heavy atom. The number of aliphatic hydroxyl groups excluding tert-OH is 1. The van der Waals surface area contributed by atoms with Crippen molar-refractivity contribution in [3.63, 3.8) is 0 Å². The molecule has 1 saturated heterocycles. The quantitative estimate of drug-likeness (QED) is 0.705. The molecule has 1 fully saturated rings. The zero-order chi connectivity index (χ0) is 13.0. The van der Waals surface area contributed by atoms with E-state index < -0.39 is 6.10 Å². The molecule has 5 nitrogen and oxygen atoms in total. The summed E-state index contributed by atoms with van der Waals surface area (Å²) in [5.41, 5.74) is 0.987. The summed E-state index contributed by atoms with van der Waals surface area (Å²) in [6.45, 7) is 0.946. The Balaban J connectivity index is 1.85. The molecule has 5 heteroatoms. The Morgan fingerprint density at radius 3 is 3.11 bits per heavy atom. The van der Waals surface area contributed by atoms with Crippen LogP contribution in [0.3, 0.4) is 0 Å². The molecule has 0 saturated carbocycles. The molecule has 2 atom stereocenters. The van der Waals surface area contributed by atoms with Crippen molar-refractivity contribution in [3.05, 3.63) is 29.8 Å². The zero-order valence-electron chi connectivity index (χ0n) is 10.3. The average Bonchev–Trinajstić information content (AvgIpc) is 2.83. The molecule has 1 heterocycles. The van der Waals surface area contributed by atoms with Gasteiger partial charge in [0.05, 0.1) is 19.3 Å². The number of aliphatic hydroxyl groups is 1. The van der Waals surface area contributed by atoms with Crippen molar-refractivity contribution < 1.29 is 14.6 Å². The third kappa shape index (κ3) is 3.21. The molecule has 2 unspecified atom stereocenters. The average molecular weight is 250 g/mol. The molecule has 1 aromatic rings. The fraction of sp³-hybridized carbons (Fsp3) is 0.462. The minimum absolute atomic E-state index is 0.0747. The third-order valence-corrected chi connectivity index (χ3v) is 3.03. The van der Waals surface area contributed by atoms with Crippen LogP contribution in [0.4, 0.5) is 0 Å². The first-order valence-electron chi connectivity index (χ1n) is 6.01. The summed E-state index contributed by atoms with van der Waals surface area (Å²) in [6, 6.07) is 7.28. The highest BCUT2D eigenvalue weighted by atomic mass is 16.5. The van der Waals surface area contributed by atoms with Crippen molar-refractivity contribution in [2.75, 3.05) is 13.7 Å². The highest BCUT2D eigenvalue weighted by Crippen LogP contribution is 2.12. The molecule has 1 aromatic carbocycles. The van der Waals surface area contributed by atoms with Gasteiger partial charge in [-0.1, -0.05) is 12.1 Å². The number of methoxy groups -OCH3 is 1. The number of ether oxygens (including phenoxy) is 1. The van der Waals surface area contributed by atoms with Gasteiger partial charge < -0.3 is 20.5 Å². The van der Waals surface area contributed by atoms with E-state index in [4.69, 9.17) is 4.74 Å². The normalized spacial score (nSPS) is 22.8. The summed E-state index contributed by atoms with van der Waals surface area (Å²) in [4.78, 5) is 11.8. The van der Waals surface area contributed by atoms with E-state index in [1.807, 2.05) is 24.3 Å². The summed E-state index contributed by atoms with van der Waals surface area (Å²) < 4.78 is 5.12. The number of benzene rings is 1. The molecular formula is C13H18N2O3. The molecule has 98 valence electrons. The first-order valence-corrected chi connectivity index (χ1v) is 6.01. The Kier molecular flexibility index (Phi) is 4.17. The van der Waals surface area contributed by atoms with Crippen LogP contribution in [-0.4, -0.2) is 36.8 Å². The van der Waals surface area contributed by atoms with Crippen molar-refractivity contribution in [2.45, 2.75) is 25.1 Å². The highest BCUT2D eigenvalue weighted by molar-refractivity contribution is 5.82. The van der Waals surface area contributed by atoms with Crippen LogP contribution < -0.4 is 15.4 Å². The van der Waals surface area contributed by atoms with E-state index in [9.17, 15) is 9.90 Å². The minimum atomic E-state index is -0.419. The van der Waals surface area contributed by atoms with Crippen LogP contribution in [0.2, 0.25) is 0 Å². The first kappa shape index (κ1) is 12.9. The van der Waals surface area contributed by atoms with Gasteiger partial charge in [-0.05, 0) is 24.1 Å². The Bertz CT molecular complexity index is 422. The lowest BCUT2D eigenvalue weighted by molar-refractivity contribution is -0.123. The van der Waals surface area contributed by atoms with Crippen LogP contribution in [0.15, 0.2) is 24.3 Å². The lowest BCUT2D eigenvalue weighted by atomic mass is 10.1. The molecule has 0 radical (unpaired) electrons. The maximum atomic E-state index is 11.8. The molecule has 0 bridgehead atoms. The molecular weight excluding hydrogens is 232 g/mol. The maximum absolute atomic E-state index is 11.8. The van der Waals surface area contributed by atoms with Gasteiger partial charge in [-0.2, -0.15) is 0 Å². The van der Waals surface area contributed by atoms with Crippen molar-refractivity contribution >= 4 is 5.91 Å². The summed E-state index contributed by atoms with van der Waals surface area (Å²) >= 11 is 0. The van der Waals surface area contributed by atoms with E-state index in [0.29, 0.717) is 19.5 Å². The third-order valence-electron chi connectivity index (χ3n) is 3.03. The smallest absolute Gasteiger partial charge is 0.237 e. The number of amides is 1. The second-order valence-electron chi connectivity index (χ2n) is 4.42. The fourth-order valence-electron chi connectivity index (χ4n) is 2.01. The van der Waals surface area contributed by atoms with E-state index in [-0.39, 0.29) is 11.9 Å². The van der Waals surface area contributed by atoms with E-state index in [0.717, 1.165) is 11.3 Å². The van der Waals surface area contributed by atoms with Crippen LogP contribution in [0, 0.1) is 0 Å². The number of hydrogen-bond donors (Lipinski definition) is 3. The molecule has 1 aliphatic heterocycles. The second kappa shape index (κ2) is 5.84. The SMILES string of the molecule is COc1cccc(CNC(=O)C2CC(O)CN2)c1. The maximum Gasteiger partial charge on any atom is 0.237 e. The van der Waals surface area contributed by atoms with Crippen molar-refractivity contribution in [1.82, 2.24) is 10.6 Å². The molecule has 2 rings (SSSR count). The van der Waals surface area contributed by atoms with Crippen molar-refractivity contribution in [1.29, 1.82) is 0 Å². The van der Waals surface area contributed by atoms with Crippen LogP contribution in [0.1, 0.15) is 12.0 Å².